The minimum atomic E-state index is 0.398. The molecular formula is C23H23ClN6OS. The number of halogens is 1. The first-order valence-corrected chi connectivity index (χ1v) is 11.7. The van der Waals surface area contributed by atoms with Gasteiger partial charge in [-0.05, 0) is 40.8 Å². The number of carbonyl (C=O) groups is 1. The van der Waals surface area contributed by atoms with Crippen LogP contribution in [0.15, 0.2) is 41.8 Å². The topological polar surface area (TPSA) is 89.3 Å². The van der Waals surface area contributed by atoms with Gasteiger partial charge in [-0.2, -0.15) is 5.21 Å². The molecule has 164 valence electrons. The largest absolute Gasteiger partial charge is 0.323 e. The fourth-order valence-electron chi connectivity index (χ4n) is 3.53. The molecule has 9 heteroatoms. The van der Waals surface area contributed by atoms with Gasteiger partial charge >= 0.3 is 0 Å². The van der Waals surface area contributed by atoms with Crippen molar-refractivity contribution < 1.29 is 4.79 Å². The molecule has 0 aliphatic carbocycles. The highest BCUT2D eigenvalue weighted by Gasteiger charge is 2.19. The molecule has 0 aliphatic heterocycles. The zero-order valence-corrected chi connectivity index (χ0v) is 19.2. The fourth-order valence-corrected chi connectivity index (χ4v) is 4.45. The van der Waals surface area contributed by atoms with Crippen LogP contribution < -0.4 is 0 Å². The molecule has 0 radical (unpaired) electrons. The van der Waals surface area contributed by atoms with Gasteiger partial charge in [0, 0.05) is 28.3 Å². The van der Waals surface area contributed by atoms with Crippen LogP contribution in [0.25, 0.3) is 11.6 Å². The lowest BCUT2D eigenvalue weighted by molar-refractivity contribution is 0.111. The van der Waals surface area contributed by atoms with Crippen molar-refractivity contribution in [3.05, 3.63) is 80.3 Å². The second kappa shape index (κ2) is 10.5. The number of hydrogen-bond donors (Lipinski definition) is 1. The Morgan fingerprint density at radius 1 is 1.25 bits per heavy atom. The van der Waals surface area contributed by atoms with Crippen LogP contribution in [0.3, 0.4) is 0 Å². The number of aryl methyl sites for hydroxylation is 1. The smallest absolute Gasteiger partial charge is 0.201 e. The first-order valence-electron chi connectivity index (χ1n) is 10.4. The lowest BCUT2D eigenvalue weighted by Crippen LogP contribution is -2.08. The Morgan fingerprint density at radius 3 is 2.81 bits per heavy atom. The number of imidazole rings is 1. The van der Waals surface area contributed by atoms with Crippen LogP contribution in [0.4, 0.5) is 0 Å². The molecule has 0 unspecified atom stereocenters. The summed E-state index contributed by atoms with van der Waals surface area (Å²) in [6.07, 6.45) is 6.17. The summed E-state index contributed by atoms with van der Waals surface area (Å²) < 4.78 is 2.08. The van der Waals surface area contributed by atoms with Crippen molar-refractivity contribution in [2.75, 3.05) is 0 Å². The molecule has 32 heavy (non-hydrogen) atoms. The molecule has 4 rings (SSSR count). The number of benzene rings is 1. The SMILES string of the molecule is CCCCc1nc(C=O)c(/C=C(\Cc2cccs2)c2nn[nH]n2)n1Cc1ccccc1Cl. The first-order chi connectivity index (χ1) is 15.7. The third-order valence-corrected chi connectivity index (χ3v) is 6.40. The number of nitrogens with zero attached hydrogens (tertiary/aromatic N) is 5. The van der Waals surface area contributed by atoms with Crippen LogP contribution >= 0.6 is 22.9 Å². The summed E-state index contributed by atoms with van der Waals surface area (Å²) in [5.41, 5.74) is 2.94. The van der Waals surface area contributed by atoms with Gasteiger partial charge in [0.25, 0.3) is 0 Å². The maximum Gasteiger partial charge on any atom is 0.201 e. The van der Waals surface area contributed by atoms with Crippen LogP contribution in [-0.4, -0.2) is 36.5 Å². The maximum atomic E-state index is 12.0. The summed E-state index contributed by atoms with van der Waals surface area (Å²) in [5, 5.41) is 17.3. The van der Waals surface area contributed by atoms with Gasteiger partial charge in [0.2, 0.25) is 5.82 Å². The highest BCUT2D eigenvalue weighted by atomic mass is 35.5. The van der Waals surface area contributed by atoms with Gasteiger partial charge in [-0.3, -0.25) is 4.79 Å². The van der Waals surface area contributed by atoms with E-state index in [1.807, 2.05) is 41.8 Å². The lowest BCUT2D eigenvalue weighted by Gasteiger charge is -2.13. The molecule has 0 bridgehead atoms. The van der Waals surface area contributed by atoms with Crippen LogP contribution in [-0.2, 0) is 19.4 Å². The Hall–Kier alpha value is -3.10. The third-order valence-electron chi connectivity index (χ3n) is 5.15. The zero-order valence-electron chi connectivity index (χ0n) is 17.7. The van der Waals surface area contributed by atoms with Crippen molar-refractivity contribution in [2.24, 2.45) is 0 Å². The number of unbranched alkanes of at least 4 members (excludes halogenated alkanes) is 1. The molecule has 1 N–H and O–H groups in total. The number of thiophene rings is 1. The summed E-state index contributed by atoms with van der Waals surface area (Å²) in [4.78, 5) is 17.8. The average Bonchev–Trinajstić information content (AvgIpc) is 3.56. The van der Waals surface area contributed by atoms with Crippen molar-refractivity contribution in [3.63, 3.8) is 0 Å². The summed E-state index contributed by atoms with van der Waals surface area (Å²) in [7, 11) is 0. The number of allylic oxidation sites excluding steroid dienone is 1. The normalized spacial score (nSPS) is 11.8. The number of hydrogen-bond acceptors (Lipinski definition) is 6. The van der Waals surface area contributed by atoms with Gasteiger partial charge in [-0.15, -0.1) is 21.5 Å². The summed E-state index contributed by atoms with van der Waals surface area (Å²) in [6, 6.07) is 11.8. The van der Waals surface area contributed by atoms with E-state index in [4.69, 9.17) is 11.6 Å². The molecule has 0 atom stereocenters. The van der Waals surface area contributed by atoms with Crippen molar-refractivity contribution in [1.29, 1.82) is 0 Å². The Kier molecular flexibility index (Phi) is 7.24. The first kappa shape index (κ1) is 22.1. The number of nitrogens with one attached hydrogen (secondary N) is 1. The van der Waals surface area contributed by atoms with Crippen molar-refractivity contribution in [1.82, 2.24) is 30.2 Å². The van der Waals surface area contributed by atoms with Gasteiger partial charge < -0.3 is 4.57 Å². The van der Waals surface area contributed by atoms with Gasteiger partial charge in [-0.25, -0.2) is 4.98 Å². The average molecular weight is 467 g/mol. The monoisotopic (exact) mass is 466 g/mol. The molecule has 7 nitrogen and oxygen atoms in total. The summed E-state index contributed by atoms with van der Waals surface area (Å²) in [6.45, 7) is 2.65. The van der Waals surface area contributed by atoms with Crippen LogP contribution in [0, 0.1) is 0 Å². The van der Waals surface area contributed by atoms with Crippen molar-refractivity contribution >= 4 is 40.9 Å². The van der Waals surface area contributed by atoms with E-state index in [0.717, 1.165) is 53.1 Å². The minimum absolute atomic E-state index is 0.398. The Bertz CT molecular complexity index is 1200. The summed E-state index contributed by atoms with van der Waals surface area (Å²) in [5.74, 6) is 1.36. The lowest BCUT2D eigenvalue weighted by atomic mass is 10.1. The number of rotatable bonds is 10. The molecule has 0 fully saturated rings. The second-order valence-electron chi connectivity index (χ2n) is 7.36. The number of tetrazole rings is 1. The van der Waals surface area contributed by atoms with E-state index in [1.54, 1.807) is 11.3 Å². The van der Waals surface area contributed by atoms with Crippen LogP contribution in [0.1, 0.15) is 58.0 Å². The van der Waals surface area contributed by atoms with Crippen molar-refractivity contribution in [3.8, 4) is 0 Å². The number of aldehydes is 1. The molecule has 0 spiro atoms. The maximum absolute atomic E-state index is 12.0. The zero-order chi connectivity index (χ0) is 22.3. The van der Waals surface area contributed by atoms with E-state index in [9.17, 15) is 4.79 Å². The van der Waals surface area contributed by atoms with E-state index in [-0.39, 0.29) is 0 Å². The Morgan fingerprint density at radius 2 is 2.12 bits per heavy atom. The standard InChI is InChI=1S/C23H23ClN6OS/c1-2-3-10-22-25-20(15-31)21(30(22)14-16-7-4-5-9-19(16)24)13-17(23-26-28-29-27-23)12-18-8-6-11-32-18/h4-9,11,13,15H,2-3,10,12,14H2,1H3,(H,26,27,28,29)/b17-13+. The van der Waals surface area contributed by atoms with E-state index >= 15 is 0 Å². The van der Waals surface area contributed by atoms with Gasteiger partial charge in [0.1, 0.15) is 11.5 Å². The molecule has 0 amide bonds. The van der Waals surface area contributed by atoms with Crippen LogP contribution in [0.5, 0.6) is 0 Å². The molecule has 1 aromatic carbocycles. The quantitative estimate of drug-likeness (QED) is 0.328. The van der Waals surface area contributed by atoms with Gasteiger partial charge in [0.05, 0.1) is 12.2 Å². The third kappa shape index (κ3) is 5.03. The predicted molar refractivity (Wildman–Crippen MR) is 127 cm³/mol. The van der Waals surface area contributed by atoms with Gasteiger partial charge in [-0.1, -0.05) is 49.2 Å². The number of aromatic nitrogens is 6. The predicted octanol–water partition coefficient (Wildman–Crippen LogP) is 5.10. The molecule has 4 aromatic rings. The van der Waals surface area contributed by atoms with E-state index in [1.165, 1.54) is 0 Å². The van der Waals surface area contributed by atoms with Crippen molar-refractivity contribution in [2.45, 2.75) is 39.2 Å². The molecular weight excluding hydrogens is 444 g/mol. The van der Waals surface area contributed by atoms with Crippen LogP contribution in [0.2, 0.25) is 5.02 Å². The molecule has 0 saturated heterocycles. The van der Waals surface area contributed by atoms with E-state index in [2.05, 4.69) is 43.2 Å². The van der Waals surface area contributed by atoms with E-state index < -0.39 is 0 Å². The fraction of sp³-hybridized carbons (Fsp3) is 0.261. The molecule has 3 aromatic heterocycles. The highest BCUT2D eigenvalue weighted by molar-refractivity contribution is 7.10. The van der Waals surface area contributed by atoms with E-state index in [0.29, 0.717) is 29.5 Å². The number of H-pyrrole nitrogens is 1. The minimum Gasteiger partial charge on any atom is -0.323 e. The van der Waals surface area contributed by atoms with Gasteiger partial charge in [0.15, 0.2) is 6.29 Å². The number of carbonyl (C=O) groups excluding carboxylic acids is 1. The summed E-state index contributed by atoms with van der Waals surface area (Å²) >= 11 is 8.11. The molecule has 0 saturated carbocycles. The number of aromatic amines is 1. The Balaban J connectivity index is 1.83. The highest BCUT2D eigenvalue weighted by Crippen LogP contribution is 2.26. The second-order valence-corrected chi connectivity index (χ2v) is 8.80. The Labute approximate surface area is 195 Å². The molecule has 0 aliphatic rings. The molecule has 3 heterocycles.